The number of carbonyl (C=O) groups excluding carboxylic acids is 1. The molecule has 1 fully saturated rings. The van der Waals surface area contributed by atoms with Gasteiger partial charge in [-0.1, -0.05) is 25.1 Å². The molecular formula is C24H24ClF3N4O. The second kappa shape index (κ2) is 8.82. The summed E-state index contributed by atoms with van der Waals surface area (Å²) >= 11 is 5.87. The van der Waals surface area contributed by atoms with Crippen LogP contribution in [-0.4, -0.2) is 34.5 Å². The zero-order valence-corrected chi connectivity index (χ0v) is 19.1. The largest absolute Gasteiger partial charge is 0.377 e. The number of hydrogen-bond donors (Lipinski definition) is 1. The topological polar surface area (TPSA) is 57.6 Å². The molecule has 0 saturated carbocycles. The van der Waals surface area contributed by atoms with E-state index in [4.69, 9.17) is 16.6 Å². The van der Waals surface area contributed by atoms with Crippen LogP contribution in [0.2, 0.25) is 5.15 Å². The van der Waals surface area contributed by atoms with Crippen molar-refractivity contribution in [2.24, 2.45) is 10.9 Å². The summed E-state index contributed by atoms with van der Waals surface area (Å²) in [6.07, 6.45) is 0.593. The maximum absolute atomic E-state index is 14.6. The minimum Gasteiger partial charge on any atom is -0.377 e. The number of benzene rings is 1. The lowest BCUT2D eigenvalue weighted by atomic mass is 9.94. The third-order valence-electron chi connectivity index (χ3n) is 6.21. The molecule has 1 N–H and O–H groups in total. The lowest BCUT2D eigenvalue weighted by molar-refractivity contribution is -0.0192. The fourth-order valence-corrected chi connectivity index (χ4v) is 4.55. The number of carbonyl (C=O) groups is 1. The van der Waals surface area contributed by atoms with Gasteiger partial charge < -0.3 is 10.2 Å². The van der Waals surface area contributed by atoms with Crippen molar-refractivity contribution in [3.63, 3.8) is 0 Å². The average molecular weight is 477 g/mol. The molecule has 0 spiro atoms. The zero-order chi connectivity index (χ0) is 23.9. The van der Waals surface area contributed by atoms with Gasteiger partial charge in [0.2, 0.25) is 5.92 Å². The van der Waals surface area contributed by atoms with Crippen LogP contribution in [0.25, 0.3) is 5.70 Å². The van der Waals surface area contributed by atoms with E-state index in [2.05, 4.69) is 16.9 Å². The average Bonchev–Trinajstić information content (AvgIpc) is 3.17. The van der Waals surface area contributed by atoms with Gasteiger partial charge in [0.25, 0.3) is 0 Å². The van der Waals surface area contributed by atoms with Crippen molar-refractivity contribution in [2.75, 3.05) is 11.9 Å². The molecule has 0 amide bonds. The number of aromatic nitrogens is 1. The van der Waals surface area contributed by atoms with E-state index in [0.717, 1.165) is 0 Å². The van der Waals surface area contributed by atoms with Crippen LogP contribution in [0.1, 0.15) is 60.8 Å². The molecule has 1 aromatic heterocycles. The van der Waals surface area contributed by atoms with E-state index < -0.39 is 23.7 Å². The third-order valence-corrected chi connectivity index (χ3v) is 6.42. The number of alkyl halides is 2. The fraction of sp³-hybridized carbons (Fsp3) is 0.375. The summed E-state index contributed by atoms with van der Waals surface area (Å²) in [5, 5.41) is 3.34. The second-order valence-corrected chi connectivity index (χ2v) is 8.80. The molecule has 174 valence electrons. The number of amidine groups is 1. The first-order chi connectivity index (χ1) is 15.6. The van der Waals surface area contributed by atoms with Gasteiger partial charge in [0.1, 0.15) is 22.5 Å². The van der Waals surface area contributed by atoms with Crippen LogP contribution < -0.4 is 5.32 Å². The third kappa shape index (κ3) is 4.49. The number of anilines is 1. The Labute approximate surface area is 195 Å². The maximum Gasteiger partial charge on any atom is 0.248 e. The van der Waals surface area contributed by atoms with Gasteiger partial charge in [-0.2, -0.15) is 0 Å². The van der Waals surface area contributed by atoms with Crippen LogP contribution in [-0.2, 0) is 0 Å². The van der Waals surface area contributed by atoms with Gasteiger partial charge in [0.05, 0.1) is 17.4 Å². The van der Waals surface area contributed by atoms with Gasteiger partial charge in [-0.3, -0.25) is 4.79 Å². The minimum atomic E-state index is -2.78. The Morgan fingerprint density at radius 3 is 2.85 bits per heavy atom. The predicted octanol–water partition coefficient (Wildman–Crippen LogP) is 6.63. The summed E-state index contributed by atoms with van der Waals surface area (Å²) in [4.78, 5) is 22.0. The number of aliphatic imine (C=N–C) groups is 1. The van der Waals surface area contributed by atoms with Crippen LogP contribution in [0.3, 0.4) is 0 Å². The number of fused-ring (bicyclic) bond motifs is 2. The normalized spacial score (nSPS) is 18.5. The van der Waals surface area contributed by atoms with Crippen molar-refractivity contribution in [3.8, 4) is 0 Å². The van der Waals surface area contributed by atoms with Crippen LogP contribution in [0, 0.1) is 11.7 Å². The van der Waals surface area contributed by atoms with Crippen molar-refractivity contribution in [1.82, 2.24) is 9.88 Å². The number of halogens is 4. The van der Waals surface area contributed by atoms with E-state index >= 15 is 0 Å². The van der Waals surface area contributed by atoms with Crippen molar-refractivity contribution in [3.05, 3.63) is 58.6 Å². The van der Waals surface area contributed by atoms with E-state index in [-0.39, 0.29) is 23.7 Å². The monoisotopic (exact) mass is 476 g/mol. The lowest BCUT2D eigenvalue weighted by Crippen LogP contribution is -2.31. The molecule has 3 heterocycles. The van der Waals surface area contributed by atoms with Gasteiger partial charge in [0.15, 0.2) is 6.29 Å². The Balaban J connectivity index is 1.74. The molecule has 9 heteroatoms. The standard InChI is InChI=1S/C24H24ClF3N4O/c1-4-24(27,28)11-15-7-8-32-14(3)18-10-16(26)9-17(22(18)31-23(15)32)13(2)29-19-5-6-21(25)30-20(19)12-33/h5-6,9-10,12-13,15,29H,3-4,7-8,11H2,1-2H3. The number of aldehydes is 1. The number of nitrogens with one attached hydrogen (secondary N) is 1. The predicted molar refractivity (Wildman–Crippen MR) is 124 cm³/mol. The van der Waals surface area contributed by atoms with Crippen molar-refractivity contribution < 1.29 is 18.0 Å². The Morgan fingerprint density at radius 1 is 1.39 bits per heavy atom. The first-order valence-corrected chi connectivity index (χ1v) is 11.2. The smallest absolute Gasteiger partial charge is 0.248 e. The quantitative estimate of drug-likeness (QED) is 0.360. The Bertz CT molecular complexity index is 1150. The summed E-state index contributed by atoms with van der Waals surface area (Å²) in [6.45, 7) is 7.89. The van der Waals surface area contributed by atoms with E-state index in [1.807, 2.05) is 4.90 Å². The Hall–Kier alpha value is -2.87. The minimum absolute atomic E-state index is 0.124. The van der Waals surface area contributed by atoms with Crippen LogP contribution in [0.15, 0.2) is 35.8 Å². The number of rotatable bonds is 7. The Kier molecular flexibility index (Phi) is 6.22. The van der Waals surface area contributed by atoms with Crippen molar-refractivity contribution in [2.45, 2.75) is 45.1 Å². The maximum atomic E-state index is 14.6. The Morgan fingerprint density at radius 2 is 2.15 bits per heavy atom. The van der Waals surface area contributed by atoms with Crippen molar-refractivity contribution >= 4 is 40.8 Å². The highest BCUT2D eigenvalue weighted by atomic mass is 35.5. The summed E-state index contributed by atoms with van der Waals surface area (Å²) in [5.41, 5.74) is 2.65. The molecule has 1 aromatic carbocycles. The van der Waals surface area contributed by atoms with Gasteiger partial charge in [0, 0.05) is 42.1 Å². The van der Waals surface area contributed by atoms with E-state index in [1.165, 1.54) is 19.1 Å². The molecule has 33 heavy (non-hydrogen) atoms. The summed E-state index contributed by atoms with van der Waals surface area (Å²) in [7, 11) is 0. The number of pyridine rings is 1. The molecule has 0 aliphatic carbocycles. The van der Waals surface area contributed by atoms with Crippen LogP contribution in [0.5, 0.6) is 0 Å². The molecule has 0 radical (unpaired) electrons. The number of nitrogens with zero attached hydrogens (tertiary/aromatic N) is 3. The highest BCUT2D eigenvalue weighted by Crippen LogP contribution is 2.45. The lowest BCUT2D eigenvalue weighted by Gasteiger charge is -2.31. The zero-order valence-electron chi connectivity index (χ0n) is 18.3. The molecular weight excluding hydrogens is 453 g/mol. The second-order valence-electron chi connectivity index (χ2n) is 8.41. The SMILES string of the molecule is C=C1c2cc(F)cc(C(C)Nc3ccc(Cl)nc3C=O)c2N=C2C(CC(F)(F)CC)CCN12. The van der Waals surface area contributed by atoms with E-state index in [9.17, 15) is 18.0 Å². The molecule has 1 saturated heterocycles. The van der Waals surface area contributed by atoms with Crippen LogP contribution >= 0.6 is 11.6 Å². The van der Waals surface area contributed by atoms with Gasteiger partial charge in [-0.05, 0) is 37.6 Å². The molecule has 2 aliphatic rings. The van der Waals surface area contributed by atoms with Gasteiger partial charge in [-0.15, -0.1) is 0 Å². The van der Waals surface area contributed by atoms with Crippen LogP contribution in [0.4, 0.5) is 24.5 Å². The summed E-state index contributed by atoms with van der Waals surface area (Å²) in [6, 6.07) is 5.41. The first kappa shape index (κ1) is 23.3. The van der Waals surface area contributed by atoms with Crippen molar-refractivity contribution in [1.29, 1.82) is 0 Å². The van der Waals surface area contributed by atoms with Gasteiger partial charge in [-0.25, -0.2) is 23.1 Å². The molecule has 2 aromatic rings. The highest BCUT2D eigenvalue weighted by molar-refractivity contribution is 6.29. The molecule has 2 unspecified atom stereocenters. The molecule has 5 nitrogen and oxygen atoms in total. The molecule has 2 aliphatic heterocycles. The van der Waals surface area contributed by atoms with E-state index in [1.54, 1.807) is 19.1 Å². The highest BCUT2D eigenvalue weighted by Gasteiger charge is 2.41. The molecule has 4 rings (SSSR count). The number of hydrogen-bond acceptors (Lipinski definition) is 5. The van der Waals surface area contributed by atoms with Gasteiger partial charge >= 0.3 is 0 Å². The molecule has 0 bridgehead atoms. The van der Waals surface area contributed by atoms with E-state index in [0.29, 0.717) is 53.3 Å². The first-order valence-electron chi connectivity index (χ1n) is 10.8. The fourth-order valence-electron chi connectivity index (χ4n) is 4.40. The molecule has 2 atom stereocenters. The summed E-state index contributed by atoms with van der Waals surface area (Å²) < 4.78 is 42.9. The summed E-state index contributed by atoms with van der Waals surface area (Å²) in [5.74, 6) is -3.11.